The maximum absolute atomic E-state index is 12.1. The average molecular weight is 312 g/mol. The van der Waals surface area contributed by atoms with Gasteiger partial charge in [-0.05, 0) is 29.5 Å². The Labute approximate surface area is 132 Å². The number of carbonyl (C=O) groups is 1. The van der Waals surface area contributed by atoms with Crippen molar-refractivity contribution >= 4 is 39.0 Å². The lowest BCUT2D eigenvalue weighted by Crippen LogP contribution is -2.22. The highest BCUT2D eigenvalue weighted by Crippen LogP contribution is 2.24. The van der Waals surface area contributed by atoms with Gasteiger partial charge in [0.05, 0.1) is 16.8 Å². The monoisotopic (exact) mass is 312 g/mol. The third kappa shape index (κ3) is 3.07. The molecule has 1 amide bonds. The molecule has 5 nitrogen and oxygen atoms in total. The molecule has 0 aliphatic heterocycles. The Bertz CT molecular complexity index is 799. The summed E-state index contributed by atoms with van der Waals surface area (Å²) in [5.41, 5.74) is 2.87. The first-order valence-electron chi connectivity index (χ1n) is 7.07. The van der Waals surface area contributed by atoms with Gasteiger partial charge in [0, 0.05) is 5.69 Å². The summed E-state index contributed by atoms with van der Waals surface area (Å²) < 4.78 is 0.962. The van der Waals surface area contributed by atoms with Crippen LogP contribution in [0.15, 0.2) is 42.0 Å². The fraction of sp³-hybridized carbons (Fsp3) is 0.188. The lowest BCUT2D eigenvalue weighted by molar-refractivity contribution is -0.114. The zero-order chi connectivity index (χ0) is 15.4. The number of benzene rings is 1. The topological polar surface area (TPSA) is 66.9 Å². The van der Waals surface area contributed by atoms with Crippen LogP contribution in [0.4, 0.5) is 11.5 Å². The average Bonchev–Trinajstić information content (AvgIpc) is 3.02. The molecule has 6 heteroatoms. The van der Waals surface area contributed by atoms with Crippen molar-refractivity contribution in [3.63, 3.8) is 0 Å². The molecule has 112 valence electrons. The molecule has 2 heterocycles. The van der Waals surface area contributed by atoms with Crippen molar-refractivity contribution in [2.24, 2.45) is 0 Å². The molecule has 3 aromatic rings. The van der Waals surface area contributed by atoms with Crippen molar-refractivity contribution in [1.29, 1.82) is 0 Å². The van der Waals surface area contributed by atoms with Gasteiger partial charge >= 0.3 is 0 Å². The smallest absolute Gasteiger partial charge is 0.243 e. The molecule has 0 atom stereocenters. The fourth-order valence-electron chi connectivity index (χ4n) is 2.22. The van der Waals surface area contributed by atoms with Gasteiger partial charge in [-0.1, -0.05) is 25.1 Å². The second-order valence-electron chi connectivity index (χ2n) is 4.77. The minimum Gasteiger partial charge on any atom is -0.360 e. The summed E-state index contributed by atoms with van der Waals surface area (Å²) in [7, 11) is 0. The number of hydrogen-bond acceptors (Lipinski definition) is 5. The number of amides is 1. The van der Waals surface area contributed by atoms with Crippen LogP contribution < -0.4 is 10.6 Å². The van der Waals surface area contributed by atoms with Crippen molar-refractivity contribution < 1.29 is 4.79 Å². The molecule has 0 radical (unpaired) electrons. The van der Waals surface area contributed by atoms with E-state index >= 15 is 0 Å². The summed E-state index contributed by atoms with van der Waals surface area (Å²) in [6.07, 6.45) is 2.38. The van der Waals surface area contributed by atoms with E-state index < -0.39 is 0 Å². The molecular weight excluding hydrogens is 296 g/mol. The van der Waals surface area contributed by atoms with Crippen LogP contribution in [-0.4, -0.2) is 22.4 Å². The number of anilines is 2. The molecule has 0 saturated carbocycles. The van der Waals surface area contributed by atoms with Crippen LogP contribution >= 0.6 is 11.3 Å². The maximum atomic E-state index is 12.1. The van der Waals surface area contributed by atoms with Gasteiger partial charge in [-0.3, -0.25) is 4.79 Å². The number of nitrogens with zero attached hydrogens (tertiary/aromatic N) is 2. The van der Waals surface area contributed by atoms with Gasteiger partial charge in [0.25, 0.3) is 0 Å². The fourth-order valence-corrected chi connectivity index (χ4v) is 3.03. The molecule has 2 N–H and O–H groups in total. The van der Waals surface area contributed by atoms with E-state index in [-0.39, 0.29) is 12.5 Å². The van der Waals surface area contributed by atoms with Gasteiger partial charge < -0.3 is 10.6 Å². The highest BCUT2D eigenvalue weighted by atomic mass is 32.1. The van der Waals surface area contributed by atoms with E-state index in [9.17, 15) is 4.79 Å². The van der Waals surface area contributed by atoms with E-state index in [0.29, 0.717) is 5.82 Å². The van der Waals surface area contributed by atoms with E-state index in [0.717, 1.165) is 27.9 Å². The van der Waals surface area contributed by atoms with Crippen molar-refractivity contribution in [1.82, 2.24) is 9.97 Å². The molecule has 0 spiro atoms. The van der Waals surface area contributed by atoms with Crippen LogP contribution in [0, 0.1) is 0 Å². The summed E-state index contributed by atoms with van der Waals surface area (Å²) >= 11 is 1.56. The van der Waals surface area contributed by atoms with E-state index in [1.165, 1.54) is 6.33 Å². The number of hydrogen-bond donors (Lipinski definition) is 2. The van der Waals surface area contributed by atoms with Crippen LogP contribution in [-0.2, 0) is 11.2 Å². The molecule has 0 fully saturated rings. The summed E-state index contributed by atoms with van der Waals surface area (Å²) in [5, 5.41) is 7.97. The van der Waals surface area contributed by atoms with Crippen LogP contribution in [0.2, 0.25) is 0 Å². The third-order valence-corrected chi connectivity index (χ3v) is 4.24. The lowest BCUT2D eigenvalue weighted by Gasteiger charge is -2.10. The van der Waals surface area contributed by atoms with E-state index in [2.05, 4.69) is 27.5 Å². The number of rotatable bonds is 5. The highest BCUT2D eigenvalue weighted by Gasteiger charge is 2.08. The van der Waals surface area contributed by atoms with Gasteiger partial charge in [-0.2, -0.15) is 0 Å². The third-order valence-electron chi connectivity index (χ3n) is 3.33. The van der Waals surface area contributed by atoms with Gasteiger partial charge in [0.2, 0.25) is 5.91 Å². The van der Waals surface area contributed by atoms with E-state index in [1.54, 1.807) is 11.3 Å². The molecule has 2 aromatic heterocycles. The first-order chi connectivity index (χ1) is 10.8. The summed E-state index contributed by atoms with van der Waals surface area (Å²) in [4.78, 5) is 20.5. The van der Waals surface area contributed by atoms with Gasteiger partial charge in [-0.15, -0.1) is 11.3 Å². The Kier molecular flexibility index (Phi) is 4.29. The van der Waals surface area contributed by atoms with E-state index in [1.807, 2.05) is 35.7 Å². The molecule has 3 rings (SSSR count). The predicted molar refractivity (Wildman–Crippen MR) is 90.4 cm³/mol. The molecule has 0 aliphatic rings. The second-order valence-corrected chi connectivity index (χ2v) is 5.69. The largest absolute Gasteiger partial charge is 0.360 e. The van der Waals surface area contributed by atoms with Crippen molar-refractivity contribution in [3.8, 4) is 0 Å². The maximum Gasteiger partial charge on any atom is 0.243 e. The van der Waals surface area contributed by atoms with Crippen LogP contribution in [0.3, 0.4) is 0 Å². The quantitative estimate of drug-likeness (QED) is 0.758. The SMILES string of the molecule is CCc1ccccc1NC(=O)CNc1ncnc2ccsc12. The number of thiophene rings is 1. The summed E-state index contributed by atoms with van der Waals surface area (Å²) in [5.74, 6) is 0.600. The number of fused-ring (bicyclic) bond motifs is 1. The Morgan fingerprint density at radius 1 is 1.23 bits per heavy atom. The van der Waals surface area contributed by atoms with Crippen LogP contribution in [0.25, 0.3) is 10.2 Å². The van der Waals surface area contributed by atoms with Crippen molar-refractivity contribution in [2.45, 2.75) is 13.3 Å². The Balaban J connectivity index is 1.66. The Morgan fingerprint density at radius 3 is 2.95 bits per heavy atom. The first kappa shape index (κ1) is 14.5. The standard InChI is InChI=1S/C16H16N4OS/c1-2-11-5-3-4-6-12(11)20-14(21)9-17-16-15-13(7-8-22-15)18-10-19-16/h3-8,10H,2,9H2,1H3,(H,20,21)(H,17,18,19). The number of aryl methyl sites for hydroxylation is 1. The first-order valence-corrected chi connectivity index (χ1v) is 7.95. The minimum absolute atomic E-state index is 0.0933. The van der Waals surface area contributed by atoms with Gasteiger partial charge in [-0.25, -0.2) is 9.97 Å². The molecular formula is C16H16N4OS. The zero-order valence-corrected chi connectivity index (χ0v) is 13.0. The van der Waals surface area contributed by atoms with Crippen LogP contribution in [0.1, 0.15) is 12.5 Å². The predicted octanol–water partition coefficient (Wildman–Crippen LogP) is 3.30. The van der Waals surface area contributed by atoms with Crippen LogP contribution in [0.5, 0.6) is 0 Å². The molecule has 0 unspecified atom stereocenters. The van der Waals surface area contributed by atoms with Crippen molar-refractivity contribution in [3.05, 3.63) is 47.6 Å². The number of para-hydroxylation sites is 1. The highest BCUT2D eigenvalue weighted by molar-refractivity contribution is 7.17. The Morgan fingerprint density at radius 2 is 2.09 bits per heavy atom. The Hall–Kier alpha value is -2.47. The zero-order valence-electron chi connectivity index (χ0n) is 12.2. The van der Waals surface area contributed by atoms with E-state index in [4.69, 9.17) is 0 Å². The number of aromatic nitrogens is 2. The lowest BCUT2D eigenvalue weighted by atomic mass is 10.1. The molecule has 0 aliphatic carbocycles. The van der Waals surface area contributed by atoms with Crippen molar-refractivity contribution in [2.75, 3.05) is 17.2 Å². The molecule has 0 bridgehead atoms. The summed E-state index contributed by atoms with van der Waals surface area (Å²) in [6.45, 7) is 2.24. The second kappa shape index (κ2) is 6.53. The summed E-state index contributed by atoms with van der Waals surface area (Å²) in [6, 6.07) is 9.76. The molecule has 22 heavy (non-hydrogen) atoms. The van der Waals surface area contributed by atoms with Gasteiger partial charge in [0.15, 0.2) is 0 Å². The molecule has 1 aromatic carbocycles. The number of carbonyl (C=O) groups excluding carboxylic acids is 1. The normalized spacial score (nSPS) is 10.6. The molecule has 0 saturated heterocycles. The minimum atomic E-state index is -0.0933. The number of nitrogens with one attached hydrogen (secondary N) is 2. The van der Waals surface area contributed by atoms with Gasteiger partial charge in [0.1, 0.15) is 12.1 Å².